The van der Waals surface area contributed by atoms with E-state index in [-0.39, 0.29) is 27.4 Å². The number of nitrogens with one attached hydrogen (secondary N) is 2. The van der Waals surface area contributed by atoms with Gasteiger partial charge in [0.25, 0.3) is 10.0 Å². The van der Waals surface area contributed by atoms with Crippen LogP contribution in [0.1, 0.15) is 12.8 Å². The lowest BCUT2D eigenvalue weighted by Gasteiger charge is -2.10. The monoisotopic (exact) mass is 367 g/mol. The van der Waals surface area contributed by atoms with Crippen molar-refractivity contribution in [1.82, 2.24) is 4.98 Å². The van der Waals surface area contributed by atoms with Gasteiger partial charge in [-0.15, -0.1) is 0 Å². The zero-order chi connectivity index (χ0) is 17.3. The summed E-state index contributed by atoms with van der Waals surface area (Å²) in [6.45, 7) is 0. The first-order valence-corrected chi connectivity index (χ1v) is 9.00. The Morgan fingerprint density at radius 3 is 2.62 bits per heavy atom. The predicted octanol–water partition coefficient (Wildman–Crippen LogP) is 2.59. The zero-order valence-corrected chi connectivity index (χ0v) is 13.9. The highest BCUT2D eigenvalue weighted by atomic mass is 35.5. The molecule has 24 heavy (non-hydrogen) atoms. The number of aromatic hydroxyl groups is 1. The molecule has 0 atom stereocenters. The van der Waals surface area contributed by atoms with Crippen LogP contribution in [0.25, 0.3) is 0 Å². The SMILES string of the molecule is O=C(Nc1ccc(NS(=O)(=O)c2cccc(Cl)c2O)cn1)C1CC1. The van der Waals surface area contributed by atoms with Crippen LogP contribution >= 0.6 is 11.6 Å². The molecule has 126 valence electrons. The van der Waals surface area contributed by atoms with E-state index in [1.807, 2.05) is 0 Å². The fourth-order valence-corrected chi connectivity index (χ4v) is 3.42. The van der Waals surface area contributed by atoms with Crippen LogP contribution in [-0.4, -0.2) is 24.4 Å². The molecule has 3 rings (SSSR count). The van der Waals surface area contributed by atoms with E-state index in [0.29, 0.717) is 5.82 Å². The van der Waals surface area contributed by atoms with Crippen molar-refractivity contribution in [2.45, 2.75) is 17.7 Å². The maximum atomic E-state index is 12.3. The van der Waals surface area contributed by atoms with Gasteiger partial charge < -0.3 is 10.4 Å². The summed E-state index contributed by atoms with van der Waals surface area (Å²) in [5.41, 5.74) is 0.193. The van der Waals surface area contributed by atoms with E-state index in [9.17, 15) is 18.3 Å². The topological polar surface area (TPSA) is 108 Å². The smallest absolute Gasteiger partial charge is 0.265 e. The summed E-state index contributed by atoms with van der Waals surface area (Å²) in [6, 6.07) is 7.01. The molecule has 7 nitrogen and oxygen atoms in total. The summed E-state index contributed by atoms with van der Waals surface area (Å²) >= 11 is 5.73. The normalized spacial score (nSPS) is 14.2. The lowest BCUT2D eigenvalue weighted by Crippen LogP contribution is -2.15. The minimum Gasteiger partial charge on any atom is -0.505 e. The molecule has 1 amide bonds. The number of hydrogen-bond acceptors (Lipinski definition) is 5. The van der Waals surface area contributed by atoms with Crippen molar-refractivity contribution in [2.24, 2.45) is 5.92 Å². The summed E-state index contributed by atoms with van der Waals surface area (Å²) in [6.07, 6.45) is 3.04. The summed E-state index contributed by atoms with van der Waals surface area (Å²) in [7, 11) is -4.02. The number of carbonyl (C=O) groups excluding carboxylic acids is 1. The van der Waals surface area contributed by atoms with E-state index in [4.69, 9.17) is 11.6 Å². The molecule has 9 heteroatoms. The van der Waals surface area contributed by atoms with Gasteiger partial charge in [0.05, 0.1) is 16.9 Å². The van der Waals surface area contributed by atoms with E-state index < -0.39 is 15.8 Å². The van der Waals surface area contributed by atoms with Crippen molar-refractivity contribution in [3.8, 4) is 5.75 Å². The largest absolute Gasteiger partial charge is 0.505 e. The third-order valence-electron chi connectivity index (χ3n) is 3.45. The average molecular weight is 368 g/mol. The van der Waals surface area contributed by atoms with Crippen molar-refractivity contribution < 1.29 is 18.3 Å². The van der Waals surface area contributed by atoms with Gasteiger partial charge in [0, 0.05) is 5.92 Å². The molecule has 0 bridgehead atoms. The number of anilines is 2. The van der Waals surface area contributed by atoms with Crippen LogP contribution in [0, 0.1) is 5.92 Å². The molecule has 0 saturated heterocycles. The van der Waals surface area contributed by atoms with Crippen LogP contribution in [0.2, 0.25) is 5.02 Å². The van der Waals surface area contributed by atoms with Crippen molar-refractivity contribution in [2.75, 3.05) is 10.0 Å². The lowest BCUT2D eigenvalue weighted by molar-refractivity contribution is -0.117. The van der Waals surface area contributed by atoms with E-state index in [2.05, 4.69) is 15.0 Å². The van der Waals surface area contributed by atoms with Gasteiger partial charge in [-0.25, -0.2) is 13.4 Å². The first-order valence-electron chi connectivity index (χ1n) is 7.14. The zero-order valence-electron chi connectivity index (χ0n) is 12.4. The second-order valence-electron chi connectivity index (χ2n) is 5.39. The Morgan fingerprint density at radius 1 is 1.25 bits per heavy atom. The Balaban J connectivity index is 1.75. The molecule has 0 aliphatic heterocycles. The number of amides is 1. The van der Waals surface area contributed by atoms with Gasteiger partial charge in [0.15, 0.2) is 5.75 Å². The molecule has 1 heterocycles. The van der Waals surface area contributed by atoms with Gasteiger partial charge in [-0.2, -0.15) is 0 Å². The van der Waals surface area contributed by atoms with Crippen LogP contribution in [0.3, 0.4) is 0 Å². The molecule has 3 N–H and O–H groups in total. The average Bonchev–Trinajstić information content (AvgIpc) is 3.36. The summed E-state index contributed by atoms with van der Waals surface area (Å²) in [5.74, 6) is -0.205. The van der Waals surface area contributed by atoms with Gasteiger partial charge in [-0.3, -0.25) is 9.52 Å². The third-order valence-corrected chi connectivity index (χ3v) is 5.17. The van der Waals surface area contributed by atoms with E-state index in [0.717, 1.165) is 12.8 Å². The molecule has 1 aromatic heterocycles. The van der Waals surface area contributed by atoms with Crippen molar-refractivity contribution in [3.05, 3.63) is 41.6 Å². The summed E-state index contributed by atoms with van der Waals surface area (Å²) in [5, 5.41) is 12.4. The van der Waals surface area contributed by atoms with Gasteiger partial charge >= 0.3 is 0 Å². The maximum absolute atomic E-state index is 12.3. The molecule has 0 radical (unpaired) electrons. The van der Waals surface area contributed by atoms with Crippen molar-refractivity contribution >= 4 is 39.0 Å². The van der Waals surface area contributed by atoms with E-state index in [1.54, 1.807) is 0 Å². The Hall–Kier alpha value is -2.32. The number of halogens is 1. The predicted molar refractivity (Wildman–Crippen MR) is 89.5 cm³/mol. The highest BCUT2D eigenvalue weighted by Gasteiger charge is 2.29. The number of phenolic OH excluding ortho intramolecular Hbond substituents is 1. The van der Waals surface area contributed by atoms with Crippen molar-refractivity contribution in [1.29, 1.82) is 0 Å². The molecule has 0 unspecified atom stereocenters. The number of aromatic nitrogens is 1. The van der Waals surface area contributed by atoms with E-state index in [1.165, 1.54) is 36.5 Å². The first kappa shape index (κ1) is 16.5. The minimum atomic E-state index is -4.02. The summed E-state index contributed by atoms with van der Waals surface area (Å²) in [4.78, 5) is 15.3. The van der Waals surface area contributed by atoms with Crippen LogP contribution < -0.4 is 10.0 Å². The second-order valence-corrected chi connectivity index (χ2v) is 7.45. The van der Waals surface area contributed by atoms with E-state index >= 15 is 0 Å². The van der Waals surface area contributed by atoms with Gasteiger partial charge in [0.1, 0.15) is 10.7 Å². The molecular weight excluding hydrogens is 354 g/mol. The quantitative estimate of drug-likeness (QED) is 0.752. The first-order chi connectivity index (χ1) is 11.4. The number of phenols is 1. The summed E-state index contributed by atoms with van der Waals surface area (Å²) < 4.78 is 26.9. The molecule has 1 aromatic carbocycles. The molecular formula is C15H14ClN3O4S. The number of pyridine rings is 1. The number of benzene rings is 1. The highest BCUT2D eigenvalue weighted by molar-refractivity contribution is 7.92. The van der Waals surface area contributed by atoms with Crippen LogP contribution in [-0.2, 0) is 14.8 Å². The number of para-hydroxylation sites is 1. The number of rotatable bonds is 5. The van der Waals surface area contributed by atoms with Crippen LogP contribution in [0.4, 0.5) is 11.5 Å². The third kappa shape index (κ3) is 3.60. The van der Waals surface area contributed by atoms with Gasteiger partial charge in [0.2, 0.25) is 5.91 Å². The number of hydrogen-bond donors (Lipinski definition) is 3. The fraction of sp³-hybridized carbons (Fsp3) is 0.200. The number of carbonyl (C=O) groups is 1. The number of nitrogens with zero attached hydrogens (tertiary/aromatic N) is 1. The van der Waals surface area contributed by atoms with Gasteiger partial charge in [-0.05, 0) is 37.1 Å². The minimum absolute atomic E-state index is 0.0517. The fourth-order valence-electron chi connectivity index (χ4n) is 2.02. The Bertz CT molecular complexity index is 880. The number of sulfonamides is 1. The van der Waals surface area contributed by atoms with Crippen LogP contribution in [0.5, 0.6) is 5.75 Å². The molecule has 2 aromatic rings. The molecule has 1 saturated carbocycles. The Morgan fingerprint density at radius 2 is 2.00 bits per heavy atom. The molecule has 1 aliphatic carbocycles. The lowest BCUT2D eigenvalue weighted by atomic mass is 10.3. The second kappa shape index (κ2) is 6.29. The maximum Gasteiger partial charge on any atom is 0.265 e. The standard InChI is InChI=1S/C15H14ClN3O4S/c16-11-2-1-3-12(14(11)20)24(22,23)19-10-6-7-13(17-8-10)18-15(21)9-4-5-9/h1-3,6-9,19-20H,4-5H2,(H,17,18,21). The van der Waals surface area contributed by atoms with Crippen LogP contribution in [0.15, 0.2) is 41.4 Å². The Labute approximate surface area is 143 Å². The molecule has 1 aliphatic rings. The molecule has 0 spiro atoms. The Kier molecular flexibility index (Phi) is 4.33. The molecule has 1 fully saturated rings. The highest BCUT2D eigenvalue weighted by Crippen LogP contribution is 2.32. The van der Waals surface area contributed by atoms with Crippen molar-refractivity contribution in [3.63, 3.8) is 0 Å². The van der Waals surface area contributed by atoms with Gasteiger partial charge in [-0.1, -0.05) is 17.7 Å².